The Morgan fingerprint density at radius 3 is 2.78 bits per heavy atom. The van der Waals surface area contributed by atoms with E-state index in [4.69, 9.17) is 9.72 Å². The van der Waals surface area contributed by atoms with Crippen LogP contribution in [-0.2, 0) is 4.74 Å². The maximum Gasteiger partial charge on any atom is 0.150 e. The second-order valence-electron chi connectivity index (χ2n) is 10.0. The average molecular weight is 456 g/mol. The molecule has 3 aromatic heterocycles. The largest absolute Gasteiger partial charge is 0.393 e. The minimum atomic E-state index is -0.208. The fourth-order valence-electron chi connectivity index (χ4n) is 4.67. The van der Waals surface area contributed by atoms with E-state index in [-0.39, 0.29) is 23.9 Å². The van der Waals surface area contributed by atoms with Gasteiger partial charge in [0.05, 0.1) is 32.6 Å². The van der Waals surface area contributed by atoms with Crippen LogP contribution in [0.15, 0.2) is 24.4 Å². The van der Waals surface area contributed by atoms with Gasteiger partial charge < -0.3 is 20.5 Å². The van der Waals surface area contributed by atoms with Crippen molar-refractivity contribution in [3.05, 3.63) is 24.4 Å². The maximum atomic E-state index is 10.00. The first-order valence-corrected chi connectivity index (χ1v) is 12.5. The van der Waals surface area contributed by atoms with Gasteiger partial charge in [-0.2, -0.15) is 5.10 Å². The van der Waals surface area contributed by atoms with Crippen molar-refractivity contribution in [1.29, 1.82) is 0 Å². The molecule has 0 bridgehead atoms. The van der Waals surface area contributed by atoms with E-state index >= 15 is 0 Å². The van der Waals surface area contributed by atoms with Crippen LogP contribution in [0.2, 0.25) is 0 Å². The molecule has 2 fully saturated rings. The number of rotatable bonds is 5. The van der Waals surface area contributed by atoms with Crippen LogP contribution < -0.4 is 10.6 Å². The zero-order chi connectivity index (χ0) is 22.3. The second-order valence-corrected chi connectivity index (χ2v) is 11.1. The molecule has 1 aliphatic heterocycles. The smallest absolute Gasteiger partial charge is 0.150 e. The summed E-state index contributed by atoms with van der Waals surface area (Å²) >= 11 is 1.74. The van der Waals surface area contributed by atoms with Crippen LogP contribution in [0.4, 0.5) is 11.5 Å². The fourth-order valence-corrected chi connectivity index (χ4v) is 5.76. The molecule has 0 aromatic carbocycles. The first kappa shape index (κ1) is 21.7. The Bertz CT molecular complexity index is 1080. The second kappa shape index (κ2) is 8.65. The predicted octanol–water partition coefficient (Wildman–Crippen LogP) is 5.39. The van der Waals surface area contributed by atoms with Gasteiger partial charge >= 0.3 is 0 Å². The van der Waals surface area contributed by atoms with Gasteiger partial charge in [0.15, 0.2) is 6.23 Å². The lowest BCUT2D eigenvalue weighted by molar-refractivity contribution is -0.0383. The molecule has 1 saturated carbocycles. The lowest BCUT2D eigenvalue weighted by Gasteiger charge is -2.24. The van der Waals surface area contributed by atoms with Gasteiger partial charge in [-0.3, -0.25) is 0 Å². The Hall–Kier alpha value is -2.16. The zero-order valence-electron chi connectivity index (χ0n) is 19.1. The highest BCUT2D eigenvalue weighted by atomic mass is 32.1. The minimum Gasteiger partial charge on any atom is -0.393 e. The van der Waals surface area contributed by atoms with Crippen molar-refractivity contribution >= 4 is 33.1 Å². The highest BCUT2D eigenvalue weighted by Crippen LogP contribution is 2.40. The summed E-state index contributed by atoms with van der Waals surface area (Å²) in [5.41, 5.74) is 3.04. The molecule has 1 saturated heterocycles. The lowest BCUT2D eigenvalue weighted by Crippen LogP contribution is -2.26. The molecule has 0 spiro atoms. The lowest BCUT2D eigenvalue weighted by atomic mass is 10.1. The summed E-state index contributed by atoms with van der Waals surface area (Å²) in [6, 6.07) is 6.63. The van der Waals surface area contributed by atoms with E-state index in [1.54, 1.807) is 11.3 Å². The highest BCUT2D eigenvalue weighted by molar-refractivity contribution is 7.22. The number of hydrogen-bond acceptors (Lipinski definition) is 7. The number of pyridine rings is 1. The molecule has 8 heteroatoms. The summed E-state index contributed by atoms with van der Waals surface area (Å²) in [5.74, 6) is 0.861. The van der Waals surface area contributed by atoms with E-state index in [0.717, 1.165) is 71.0 Å². The van der Waals surface area contributed by atoms with E-state index in [0.29, 0.717) is 0 Å². The summed E-state index contributed by atoms with van der Waals surface area (Å²) in [6.07, 6.45) is 7.56. The fraction of sp³-hybridized carbons (Fsp3) is 0.583. The van der Waals surface area contributed by atoms with E-state index in [1.807, 2.05) is 10.9 Å². The number of nitrogens with one attached hydrogen (secondary N) is 2. The van der Waals surface area contributed by atoms with Crippen LogP contribution in [0.1, 0.15) is 65.5 Å². The van der Waals surface area contributed by atoms with Crippen LogP contribution in [0.25, 0.3) is 20.8 Å². The Balaban J connectivity index is 1.53. The molecule has 5 rings (SSSR count). The number of hydrogen-bond donors (Lipinski definition) is 3. The zero-order valence-corrected chi connectivity index (χ0v) is 19.9. The van der Waals surface area contributed by atoms with Gasteiger partial charge in [0.25, 0.3) is 0 Å². The van der Waals surface area contributed by atoms with Gasteiger partial charge in [-0.15, -0.1) is 11.3 Å². The number of aliphatic hydroxyl groups is 1. The quantitative estimate of drug-likeness (QED) is 0.478. The van der Waals surface area contributed by atoms with E-state index in [1.165, 1.54) is 6.42 Å². The molecular formula is C24H33N5O2S. The average Bonchev–Trinajstić information content (AvgIpc) is 3.46. The number of anilines is 2. The summed E-state index contributed by atoms with van der Waals surface area (Å²) < 4.78 is 9.16. The van der Waals surface area contributed by atoms with Crippen molar-refractivity contribution in [1.82, 2.24) is 14.8 Å². The third-order valence-electron chi connectivity index (χ3n) is 6.10. The van der Waals surface area contributed by atoms with E-state index < -0.39 is 0 Å². The predicted molar refractivity (Wildman–Crippen MR) is 130 cm³/mol. The van der Waals surface area contributed by atoms with Crippen molar-refractivity contribution in [2.45, 2.75) is 83.2 Å². The van der Waals surface area contributed by atoms with Gasteiger partial charge in [0.2, 0.25) is 0 Å². The topological polar surface area (TPSA) is 84.2 Å². The number of thiophene rings is 1. The van der Waals surface area contributed by atoms with Crippen LogP contribution in [0.5, 0.6) is 0 Å². The van der Waals surface area contributed by atoms with Crippen LogP contribution in [-0.4, -0.2) is 44.2 Å². The first-order chi connectivity index (χ1) is 15.4. The standard InChI is InChI=1S/C24H33N5O2S/c1-24(2,3)28-21-14-18(26-15-7-8-16(30)12-15)23-17(27-21)13-20(32-23)19-9-10-25-29(19)22-6-4-5-11-31-22/h9-10,13-16,22,30H,4-8,11-12H2,1-3H3,(H2,26,27,28)/t15-,16+,22?/m0/s1. The molecule has 1 unspecified atom stereocenters. The number of fused-ring (bicyclic) bond motifs is 1. The van der Waals surface area contributed by atoms with E-state index in [9.17, 15) is 5.11 Å². The van der Waals surface area contributed by atoms with Gasteiger partial charge in [-0.05, 0) is 71.4 Å². The van der Waals surface area contributed by atoms with Gasteiger partial charge in [-0.25, -0.2) is 9.67 Å². The SMILES string of the molecule is CC(C)(C)Nc1cc(N[C@H]2CC[C@@H](O)C2)c2sc(-c3ccnn3C3CCCCO3)cc2n1. The molecule has 4 heterocycles. The van der Waals surface area contributed by atoms with Crippen molar-refractivity contribution < 1.29 is 9.84 Å². The minimum absolute atomic E-state index is 0.00242. The van der Waals surface area contributed by atoms with Crippen LogP contribution in [0.3, 0.4) is 0 Å². The molecule has 2 aliphatic rings. The van der Waals surface area contributed by atoms with Gasteiger partial charge in [0.1, 0.15) is 5.82 Å². The molecule has 1 aliphatic carbocycles. The van der Waals surface area contributed by atoms with Crippen molar-refractivity contribution in [3.63, 3.8) is 0 Å². The number of aromatic nitrogens is 3. The molecule has 3 aromatic rings. The van der Waals surface area contributed by atoms with Crippen molar-refractivity contribution in [2.75, 3.05) is 17.2 Å². The Labute approximate surface area is 193 Å². The third kappa shape index (κ3) is 4.63. The van der Waals surface area contributed by atoms with E-state index in [2.05, 4.69) is 54.7 Å². The molecular weight excluding hydrogens is 422 g/mol. The normalized spacial score (nSPS) is 24.2. The molecule has 0 radical (unpaired) electrons. The monoisotopic (exact) mass is 455 g/mol. The molecule has 172 valence electrons. The van der Waals surface area contributed by atoms with Crippen molar-refractivity contribution in [2.24, 2.45) is 0 Å². The van der Waals surface area contributed by atoms with Crippen LogP contribution in [0, 0.1) is 0 Å². The summed E-state index contributed by atoms with van der Waals surface area (Å²) in [4.78, 5) is 6.07. The Morgan fingerprint density at radius 2 is 2.06 bits per heavy atom. The third-order valence-corrected chi connectivity index (χ3v) is 7.28. The molecule has 0 amide bonds. The highest BCUT2D eigenvalue weighted by Gasteiger charge is 2.25. The number of ether oxygens (including phenoxy) is 1. The molecule has 3 N–H and O–H groups in total. The van der Waals surface area contributed by atoms with Gasteiger partial charge in [0, 0.05) is 30.5 Å². The number of aliphatic hydroxyl groups excluding tert-OH is 1. The molecule has 32 heavy (non-hydrogen) atoms. The molecule has 3 atom stereocenters. The van der Waals surface area contributed by atoms with Gasteiger partial charge in [-0.1, -0.05) is 0 Å². The van der Waals surface area contributed by atoms with Crippen LogP contribution >= 0.6 is 11.3 Å². The van der Waals surface area contributed by atoms with Crippen molar-refractivity contribution in [3.8, 4) is 10.6 Å². The number of nitrogens with zero attached hydrogens (tertiary/aromatic N) is 3. The maximum absolute atomic E-state index is 10.00. The first-order valence-electron chi connectivity index (χ1n) is 11.7. The summed E-state index contributed by atoms with van der Waals surface area (Å²) in [6.45, 7) is 7.21. The summed E-state index contributed by atoms with van der Waals surface area (Å²) in [5, 5.41) is 21.8. The Morgan fingerprint density at radius 1 is 1.19 bits per heavy atom. The molecule has 7 nitrogen and oxygen atoms in total. The summed E-state index contributed by atoms with van der Waals surface area (Å²) in [7, 11) is 0. The Kier molecular flexibility index (Phi) is 5.86.